The van der Waals surface area contributed by atoms with Crippen molar-refractivity contribution in [3.63, 3.8) is 0 Å². The molecule has 2 rings (SSSR count). The normalized spacial score (nSPS) is 12.2. The number of H-pyrrole nitrogens is 1. The summed E-state index contributed by atoms with van der Waals surface area (Å²) < 4.78 is 1.38. The zero-order chi connectivity index (χ0) is 15.6. The highest BCUT2D eigenvalue weighted by molar-refractivity contribution is 6.32. The van der Waals surface area contributed by atoms with Crippen molar-refractivity contribution in [1.29, 1.82) is 0 Å². The van der Waals surface area contributed by atoms with Crippen LogP contribution in [0.1, 0.15) is 25.2 Å². The first-order chi connectivity index (χ1) is 9.90. The van der Waals surface area contributed by atoms with Crippen molar-refractivity contribution in [2.75, 3.05) is 5.32 Å². The van der Waals surface area contributed by atoms with Crippen molar-refractivity contribution >= 4 is 23.3 Å². The Bertz CT molecular complexity index is 720. The molecule has 2 aromatic heterocycles. The van der Waals surface area contributed by atoms with E-state index in [1.54, 1.807) is 19.9 Å². The maximum atomic E-state index is 11.7. The summed E-state index contributed by atoms with van der Waals surface area (Å²) in [6.45, 7) is 5.25. The van der Waals surface area contributed by atoms with Gasteiger partial charge in [0.25, 0.3) is 5.56 Å². The van der Waals surface area contributed by atoms with E-state index in [2.05, 4.69) is 20.4 Å². The zero-order valence-corrected chi connectivity index (χ0v) is 12.7. The Balaban J connectivity index is 2.47. The van der Waals surface area contributed by atoms with Gasteiger partial charge in [0.15, 0.2) is 0 Å². The number of aromatic amines is 1. The molecule has 0 bridgehead atoms. The van der Waals surface area contributed by atoms with Gasteiger partial charge in [0.05, 0.1) is 5.69 Å². The summed E-state index contributed by atoms with van der Waals surface area (Å²) in [5.41, 5.74) is 1.05. The van der Waals surface area contributed by atoms with Gasteiger partial charge in [-0.1, -0.05) is 6.92 Å². The molecule has 0 saturated carbocycles. The van der Waals surface area contributed by atoms with Crippen LogP contribution in [-0.4, -0.2) is 31.0 Å². The average molecular weight is 310 g/mol. The summed E-state index contributed by atoms with van der Waals surface area (Å²) in [6, 6.07) is 3.11. The molecule has 21 heavy (non-hydrogen) atoms. The number of aromatic nitrogens is 4. The fraction of sp³-hybridized carbons (Fsp3) is 0.385. The molecule has 1 amide bonds. The van der Waals surface area contributed by atoms with E-state index in [1.165, 1.54) is 10.7 Å². The lowest BCUT2D eigenvalue weighted by Gasteiger charge is -2.09. The number of hydrogen-bond donors (Lipinski definition) is 2. The summed E-state index contributed by atoms with van der Waals surface area (Å²) >= 11 is 5.74. The Labute approximate surface area is 126 Å². The first-order valence-electron chi connectivity index (χ1n) is 6.53. The maximum absolute atomic E-state index is 11.7. The van der Waals surface area contributed by atoms with Crippen LogP contribution in [0.5, 0.6) is 0 Å². The number of carbonyl (C=O) groups is 1. The number of halogens is 1. The molecule has 2 N–H and O–H groups in total. The van der Waals surface area contributed by atoms with Crippen molar-refractivity contribution in [2.24, 2.45) is 0 Å². The Morgan fingerprint density at radius 2 is 2.24 bits per heavy atom. The first kappa shape index (κ1) is 15.2. The minimum Gasteiger partial charge on any atom is -0.309 e. The molecule has 7 nitrogen and oxygen atoms in total. The molecule has 0 saturated heterocycles. The molecular formula is C13H16ClN5O2. The third kappa shape index (κ3) is 3.49. The second-order valence-corrected chi connectivity index (χ2v) is 5.26. The summed E-state index contributed by atoms with van der Waals surface area (Å²) in [5.74, 6) is 0.304. The fourth-order valence-electron chi connectivity index (χ4n) is 1.75. The molecule has 0 fully saturated rings. The number of alkyl halides is 1. The van der Waals surface area contributed by atoms with Crippen LogP contribution in [0.4, 0.5) is 5.82 Å². The molecule has 0 aromatic carbocycles. The number of carbonyl (C=O) groups excluding carboxylic acids is 1. The third-order valence-corrected chi connectivity index (χ3v) is 2.99. The molecule has 0 radical (unpaired) electrons. The predicted octanol–water partition coefficient (Wildman–Crippen LogP) is 1.39. The number of aryl methyl sites for hydroxylation is 2. The quantitative estimate of drug-likeness (QED) is 0.835. The molecule has 1 atom stereocenters. The fourth-order valence-corrected chi connectivity index (χ4v) is 1.81. The lowest BCUT2D eigenvalue weighted by Crippen LogP contribution is -2.23. The van der Waals surface area contributed by atoms with Crippen LogP contribution in [0.25, 0.3) is 5.95 Å². The van der Waals surface area contributed by atoms with Gasteiger partial charge in [-0.2, -0.15) is 9.78 Å². The molecule has 2 aromatic rings. The Kier molecular flexibility index (Phi) is 4.42. The maximum Gasteiger partial charge on any atom is 0.252 e. The van der Waals surface area contributed by atoms with Gasteiger partial charge in [0.2, 0.25) is 11.9 Å². The lowest BCUT2D eigenvalue weighted by atomic mass is 10.3. The van der Waals surface area contributed by atoms with Crippen LogP contribution in [-0.2, 0) is 11.2 Å². The molecule has 112 valence electrons. The number of hydrogen-bond acceptors (Lipinski definition) is 4. The van der Waals surface area contributed by atoms with Gasteiger partial charge in [-0.15, -0.1) is 11.6 Å². The first-order valence-corrected chi connectivity index (χ1v) is 6.96. The minimum atomic E-state index is -0.678. The topological polar surface area (TPSA) is 92.7 Å². The highest BCUT2D eigenvalue weighted by Gasteiger charge is 2.15. The highest BCUT2D eigenvalue weighted by atomic mass is 35.5. The minimum absolute atomic E-state index is 0.255. The van der Waals surface area contributed by atoms with Gasteiger partial charge in [-0.3, -0.25) is 14.6 Å². The number of rotatable bonds is 4. The monoisotopic (exact) mass is 309 g/mol. The summed E-state index contributed by atoms with van der Waals surface area (Å²) in [7, 11) is 0. The van der Waals surface area contributed by atoms with Crippen LogP contribution in [0, 0.1) is 6.92 Å². The van der Waals surface area contributed by atoms with Crippen molar-refractivity contribution in [2.45, 2.75) is 32.6 Å². The van der Waals surface area contributed by atoms with Crippen molar-refractivity contribution in [3.05, 3.63) is 33.9 Å². The van der Waals surface area contributed by atoms with Crippen LogP contribution in [0.3, 0.4) is 0 Å². The summed E-state index contributed by atoms with van der Waals surface area (Å²) in [5, 5.41) is 6.21. The van der Waals surface area contributed by atoms with E-state index >= 15 is 0 Å². The molecule has 0 aliphatic carbocycles. The summed E-state index contributed by atoms with van der Waals surface area (Å²) in [6.07, 6.45) is 0.623. The molecular weight excluding hydrogens is 294 g/mol. The van der Waals surface area contributed by atoms with E-state index in [4.69, 9.17) is 11.6 Å². The van der Waals surface area contributed by atoms with Crippen molar-refractivity contribution in [3.8, 4) is 5.95 Å². The van der Waals surface area contributed by atoms with E-state index in [-0.39, 0.29) is 17.4 Å². The second kappa shape index (κ2) is 6.09. The van der Waals surface area contributed by atoms with Crippen molar-refractivity contribution in [1.82, 2.24) is 19.7 Å². The van der Waals surface area contributed by atoms with E-state index in [9.17, 15) is 9.59 Å². The Hall–Kier alpha value is -2.15. The van der Waals surface area contributed by atoms with Gasteiger partial charge < -0.3 is 5.32 Å². The average Bonchev–Trinajstić information content (AvgIpc) is 2.78. The van der Waals surface area contributed by atoms with Crippen molar-refractivity contribution < 1.29 is 4.79 Å². The standard InChI is InChI=1S/C13H16ClN5O2/c1-4-9-6-11(20)17-13(15-9)19-10(5-7(2)18-19)16-12(21)8(3)14/h5-6,8H,4H2,1-3H3,(H,16,21)(H,15,17,20)/t8-/m1/s1. The predicted molar refractivity (Wildman–Crippen MR) is 80.0 cm³/mol. The SMILES string of the molecule is CCc1cc(=O)[nH]c(-n2nc(C)cc2NC(=O)[C@@H](C)Cl)n1. The van der Waals surface area contributed by atoms with E-state index < -0.39 is 5.38 Å². The summed E-state index contributed by atoms with van der Waals surface area (Å²) in [4.78, 5) is 30.3. The highest BCUT2D eigenvalue weighted by Crippen LogP contribution is 2.15. The number of anilines is 1. The smallest absolute Gasteiger partial charge is 0.252 e. The van der Waals surface area contributed by atoms with Gasteiger partial charge in [0, 0.05) is 17.8 Å². The Morgan fingerprint density at radius 1 is 1.52 bits per heavy atom. The van der Waals surface area contributed by atoms with E-state index in [1.807, 2.05) is 6.92 Å². The molecule has 0 unspecified atom stereocenters. The lowest BCUT2D eigenvalue weighted by molar-refractivity contribution is -0.115. The molecule has 8 heteroatoms. The second-order valence-electron chi connectivity index (χ2n) is 4.60. The van der Waals surface area contributed by atoms with Crippen LogP contribution in [0.2, 0.25) is 0 Å². The molecule has 2 heterocycles. The van der Waals surface area contributed by atoms with Gasteiger partial charge in [0.1, 0.15) is 11.2 Å². The van der Waals surface area contributed by atoms with E-state index in [0.717, 1.165) is 0 Å². The zero-order valence-electron chi connectivity index (χ0n) is 12.0. The van der Waals surface area contributed by atoms with E-state index in [0.29, 0.717) is 23.6 Å². The largest absolute Gasteiger partial charge is 0.309 e. The number of amides is 1. The van der Waals surface area contributed by atoms with Gasteiger partial charge in [-0.05, 0) is 20.3 Å². The molecule has 0 spiro atoms. The Morgan fingerprint density at radius 3 is 2.86 bits per heavy atom. The van der Waals surface area contributed by atoms with Gasteiger partial charge in [-0.25, -0.2) is 4.98 Å². The number of nitrogens with zero attached hydrogens (tertiary/aromatic N) is 3. The molecule has 0 aliphatic heterocycles. The number of nitrogens with one attached hydrogen (secondary N) is 2. The van der Waals surface area contributed by atoms with Crippen LogP contribution < -0.4 is 10.9 Å². The van der Waals surface area contributed by atoms with Crippen LogP contribution >= 0.6 is 11.6 Å². The van der Waals surface area contributed by atoms with Gasteiger partial charge >= 0.3 is 0 Å². The van der Waals surface area contributed by atoms with Crippen LogP contribution in [0.15, 0.2) is 16.9 Å². The molecule has 0 aliphatic rings. The third-order valence-electron chi connectivity index (χ3n) is 2.79.